The van der Waals surface area contributed by atoms with E-state index in [4.69, 9.17) is 5.11 Å². The van der Waals surface area contributed by atoms with Gasteiger partial charge in [-0.15, -0.1) is 0 Å². The van der Waals surface area contributed by atoms with Crippen molar-refractivity contribution in [3.63, 3.8) is 0 Å². The largest absolute Gasteiger partial charge is 0.480 e. The maximum Gasteiger partial charge on any atom is 0.322 e. The van der Waals surface area contributed by atoms with Gasteiger partial charge >= 0.3 is 5.97 Å². The molecule has 0 aliphatic heterocycles. The van der Waals surface area contributed by atoms with Crippen molar-refractivity contribution in [3.05, 3.63) is 0 Å². The summed E-state index contributed by atoms with van der Waals surface area (Å²) in [4.78, 5) is 33.5. The number of rotatable bonds is 8. The maximum atomic E-state index is 12.0. The molecule has 0 aliphatic carbocycles. The third kappa shape index (κ3) is 7.61. The second kappa shape index (κ2) is 8.62. The van der Waals surface area contributed by atoms with E-state index in [0.29, 0.717) is 18.1 Å². The fourth-order valence-electron chi connectivity index (χ4n) is 1.43. The molecular weight excluding hydrogens is 383 g/mol. The lowest BCUT2D eigenvalue weighted by Gasteiger charge is -2.26. The van der Waals surface area contributed by atoms with E-state index in [1.54, 1.807) is 0 Å². The van der Waals surface area contributed by atoms with E-state index >= 15 is 0 Å². The summed E-state index contributed by atoms with van der Waals surface area (Å²) in [5, 5.41) is 13.1. The number of alkyl halides is 1. The Morgan fingerprint density at radius 3 is 2.26 bits per heavy atom. The Labute approximate surface area is 131 Å². The fourth-order valence-corrected chi connectivity index (χ4v) is 2.78. The van der Waals surface area contributed by atoms with Crippen molar-refractivity contribution >= 4 is 53.0 Å². The molecule has 0 fully saturated rings. The van der Waals surface area contributed by atoms with E-state index in [0.717, 1.165) is 0 Å². The van der Waals surface area contributed by atoms with Crippen molar-refractivity contribution in [1.29, 1.82) is 0 Å². The van der Waals surface area contributed by atoms with Gasteiger partial charge in [-0.1, -0.05) is 36.4 Å². The molecule has 0 rings (SSSR count). The molecule has 0 spiro atoms. The van der Waals surface area contributed by atoms with Crippen molar-refractivity contribution in [1.82, 2.24) is 10.6 Å². The molecule has 0 radical (unpaired) electrons. The lowest BCUT2D eigenvalue weighted by atomic mass is 9.98. The highest BCUT2D eigenvalue weighted by Gasteiger charge is 2.34. The van der Waals surface area contributed by atoms with Gasteiger partial charge in [-0.25, -0.2) is 0 Å². The summed E-state index contributed by atoms with van der Waals surface area (Å²) >= 11 is 6.23. The smallest absolute Gasteiger partial charge is 0.322 e. The van der Waals surface area contributed by atoms with Crippen molar-refractivity contribution in [2.24, 2.45) is 5.92 Å². The van der Waals surface area contributed by atoms with E-state index in [9.17, 15) is 14.4 Å². The quantitative estimate of drug-likeness (QED) is 0.270. The highest BCUT2D eigenvalue weighted by atomic mass is 127. The molecule has 1 atom stereocenters. The van der Waals surface area contributed by atoms with Gasteiger partial charge in [-0.3, -0.25) is 14.4 Å². The molecule has 0 saturated heterocycles. The SMILES string of the molecule is CC(C)CC(I)(CS)C(=O)NCC(=O)NCC(=O)O. The first-order chi connectivity index (χ1) is 8.71. The Morgan fingerprint density at radius 2 is 1.84 bits per heavy atom. The summed E-state index contributed by atoms with van der Waals surface area (Å²) in [6.07, 6.45) is 0.652. The molecule has 0 aromatic carbocycles. The van der Waals surface area contributed by atoms with Gasteiger partial charge in [0.15, 0.2) is 0 Å². The molecule has 0 aliphatic rings. The Balaban J connectivity index is 4.27. The van der Waals surface area contributed by atoms with Crippen LogP contribution >= 0.6 is 35.2 Å². The average molecular weight is 402 g/mol. The molecular formula is C11H19IN2O4S. The molecule has 0 aromatic heterocycles. The maximum absolute atomic E-state index is 12.0. The molecule has 0 bridgehead atoms. The number of carboxylic acids is 1. The van der Waals surface area contributed by atoms with Gasteiger partial charge in [0.25, 0.3) is 0 Å². The Morgan fingerprint density at radius 1 is 1.26 bits per heavy atom. The van der Waals surface area contributed by atoms with Crippen LogP contribution in [0.1, 0.15) is 20.3 Å². The van der Waals surface area contributed by atoms with Crippen LogP contribution in [0, 0.1) is 5.92 Å². The molecule has 3 N–H and O–H groups in total. The summed E-state index contributed by atoms with van der Waals surface area (Å²) in [7, 11) is 0. The summed E-state index contributed by atoms with van der Waals surface area (Å²) < 4.78 is -0.665. The van der Waals surface area contributed by atoms with E-state index in [2.05, 4.69) is 23.3 Å². The molecule has 6 nitrogen and oxygen atoms in total. The zero-order valence-electron chi connectivity index (χ0n) is 10.9. The van der Waals surface area contributed by atoms with Gasteiger partial charge in [0.05, 0.1) is 6.54 Å². The summed E-state index contributed by atoms with van der Waals surface area (Å²) in [5.41, 5.74) is 0. The predicted molar refractivity (Wildman–Crippen MR) is 83.7 cm³/mol. The lowest BCUT2D eigenvalue weighted by Crippen LogP contribution is -2.48. The van der Waals surface area contributed by atoms with Crippen LogP contribution in [0.3, 0.4) is 0 Å². The number of thiol groups is 1. The van der Waals surface area contributed by atoms with Crippen molar-refractivity contribution < 1.29 is 19.5 Å². The molecule has 0 saturated carbocycles. The van der Waals surface area contributed by atoms with Crippen LogP contribution in [-0.2, 0) is 14.4 Å². The van der Waals surface area contributed by atoms with Crippen LogP contribution in [0.4, 0.5) is 0 Å². The third-order valence-electron chi connectivity index (χ3n) is 2.24. The van der Waals surface area contributed by atoms with Crippen LogP contribution in [0.5, 0.6) is 0 Å². The third-order valence-corrected chi connectivity index (χ3v) is 4.69. The van der Waals surface area contributed by atoms with Gasteiger partial charge in [0.1, 0.15) is 9.97 Å². The van der Waals surface area contributed by atoms with Crippen LogP contribution in [0.25, 0.3) is 0 Å². The number of halogens is 1. The Bertz CT molecular complexity index is 352. The number of carboxylic acid groups (broad SMARTS) is 1. The zero-order valence-corrected chi connectivity index (χ0v) is 14.0. The summed E-state index contributed by atoms with van der Waals surface area (Å²) in [6.45, 7) is 3.32. The number of hydrogen-bond acceptors (Lipinski definition) is 4. The lowest BCUT2D eigenvalue weighted by molar-refractivity contribution is -0.137. The number of nitrogens with one attached hydrogen (secondary N) is 2. The highest BCUT2D eigenvalue weighted by molar-refractivity contribution is 14.1. The fraction of sp³-hybridized carbons (Fsp3) is 0.727. The Kier molecular flexibility index (Phi) is 8.39. The predicted octanol–water partition coefficient (Wildman–Crippen LogP) is 0.453. The van der Waals surface area contributed by atoms with E-state index in [1.807, 2.05) is 36.4 Å². The van der Waals surface area contributed by atoms with Gasteiger partial charge < -0.3 is 15.7 Å². The topological polar surface area (TPSA) is 95.5 Å². The number of carbonyl (C=O) groups is 3. The van der Waals surface area contributed by atoms with Gasteiger partial charge in [0, 0.05) is 5.75 Å². The van der Waals surface area contributed by atoms with Gasteiger partial charge in [-0.2, -0.15) is 12.6 Å². The molecule has 1 unspecified atom stereocenters. The minimum absolute atomic E-state index is 0.233. The molecule has 8 heteroatoms. The minimum atomic E-state index is -1.13. The van der Waals surface area contributed by atoms with E-state index < -0.39 is 21.8 Å². The second-order valence-corrected chi connectivity index (χ2v) is 6.96. The van der Waals surface area contributed by atoms with Crippen LogP contribution in [0.15, 0.2) is 0 Å². The van der Waals surface area contributed by atoms with Crippen LogP contribution in [0.2, 0.25) is 0 Å². The molecule has 110 valence electrons. The average Bonchev–Trinajstić information content (AvgIpc) is 2.32. The molecule has 0 aromatic rings. The second-order valence-electron chi connectivity index (χ2n) is 4.57. The first-order valence-electron chi connectivity index (χ1n) is 5.78. The van der Waals surface area contributed by atoms with Crippen molar-refractivity contribution in [3.8, 4) is 0 Å². The van der Waals surface area contributed by atoms with Gasteiger partial charge in [0.2, 0.25) is 11.8 Å². The molecule has 0 heterocycles. The van der Waals surface area contributed by atoms with Crippen molar-refractivity contribution in [2.75, 3.05) is 18.8 Å². The molecule has 19 heavy (non-hydrogen) atoms. The minimum Gasteiger partial charge on any atom is -0.480 e. The summed E-state index contributed by atoms with van der Waals surface area (Å²) in [6, 6.07) is 0. The van der Waals surface area contributed by atoms with E-state index in [-0.39, 0.29) is 12.5 Å². The molecule has 2 amide bonds. The monoisotopic (exact) mass is 402 g/mol. The zero-order chi connectivity index (χ0) is 15.1. The first kappa shape index (κ1) is 18.5. The summed E-state index contributed by atoms with van der Waals surface area (Å²) in [5.74, 6) is -1.22. The number of hydrogen-bond donors (Lipinski definition) is 4. The van der Waals surface area contributed by atoms with Gasteiger partial charge in [-0.05, 0) is 12.3 Å². The van der Waals surface area contributed by atoms with E-state index in [1.165, 1.54) is 0 Å². The normalized spacial score (nSPS) is 13.7. The van der Waals surface area contributed by atoms with Crippen LogP contribution < -0.4 is 10.6 Å². The van der Waals surface area contributed by atoms with Crippen LogP contribution in [-0.4, -0.2) is 45.2 Å². The standard InChI is InChI=1S/C11H19IN2O4S/c1-7(2)3-11(12,6-19)10(18)14-4-8(15)13-5-9(16)17/h7,19H,3-6H2,1-2H3,(H,13,15)(H,14,18)(H,16,17). The van der Waals surface area contributed by atoms with Crippen molar-refractivity contribution in [2.45, 2.75) is 23.7 Å². The number of amides is 2. The highest BCUT2D eigenvalue weighted by Crippen LogP contribution is 2.29. The Hall–Kier alpha value is -0.510. The number of carbonyl (C=O) groups excluding carboxylic acids is 2. The number of aliphatic carboxylic acids is 1. The first-order valence-corrected chi connectivity index (χ1v) is 7.49.